The van der Waals surface area contributed by atoms with E-state index in [9.17, 15) is 4.79 Å². The molecule has 0 atom stereocenters. The van der Waals surface area contributed by atoms with Crippen molar-refractivity contribution in [3.63, 3.8) is 0 Å². The zero-order valence-electron chi connectivity index (χ0n) is 15.5. The van der Waals surface area contributed by atoms with E-state index in [-0.39, 0.29) is 5.91 Å². The summed E-state index contributed by atoms with van der Waals surface area (Å²) in [6.45, 7) is 4.58. The fourth-order valence-electron chi connectivity index (χ4n) is 3.31. The number of anilines is 1. The van der Waals surface area contributed by atoms with Crippen LogP contribution in [0, 0.1) is 13.8 Å². The molecule has 3 aromatic carbocycles. The van der Waals surface area contributed by atoms with Gasteiger partial charge in [-0.15, -0.1) is 0 Å². The molecule has 134 valence electrons. The highest BCUT2D eigenvalue weighted by molar-refractivity contribution is 6.06. The quantitative estimate of drug-likeness (QED) is 0.457. The summed E-state index contributed by atoms with van der Waals surface area (Å²) in [5, 5.41) is 0.932. The Morgan fingerprint density at radius 1 is 0.852 bits per heavy atom. The number of amides is 1. The molecular weight excluding hydrogens is 334 g/mol. The lowest BCUT2D eigenvalue weighted by Crippen LogP contribution is -2.31. The summed E-state index contributed by atoms with van der Waals surface area (Å²) in [6, 6.07) is 25.6. The molecule has 0 saturated heterocycles. The van der Waals surface area contributed by atoms with E-state index in [4.69, 9.17) is 4.42 Å². The van der Waals surface area contributed by atoms with Crippen molar-refractivity contribution in [1.82, 2.24) is 0 Å². The highest BCUT2D eigenvalue weighted by Crippen LogP contribution is 2.27. The smallest absolute Gasteiger partial charge is 0.294 e. The van der Waals surface area contributed by atoms with Crippen molar-refractivity contribution in [3.8, 4) is 0 Å². The number of fused-ring (bicyclic) bond motifs is 1. The molecule has 27 heavy (non-hydrogen) atoms. The molecule has 0 bridgehead atoms. The fraction of sp³-hybridized carbons (Fsp3) is 0.125. The summed E-state index contributed by atoms with van der Waals surface area (Å²) in [6.07, 6.45) is 0. The minimum Gasteiger partial charge on any atom is -0.451 e. The van der Waals surface area contributed by atoms with Gasteiger partial charge in [-0.05, 0) is 48.7 Å². The van der Waals surface area contributed by atoms with Crippen molar-refractivity contribution in [2.45, 2.75) is 20.4 Å². The average Bonchev–Trinajstić information content (AvgIpc) is 3.12. The largest absolute Gasteiger partial charge is 0.451 e. The highest BCUT2D eigenvalue weighted by atomic mass is 16.3. The molecule has 0 N–H and O–H groups in total. The molecule has 0 aliphatic carbocycles. The summed E-state index contributed by atoms with van der Waals surface area (Å²) >= 11 is 0. The Morgan fingerprint density at radius 3 is 2.26 bits per heavy atom. The van der Waals surface area contributed by atoms with Crippen LogP contribution in [0.15, 0.2) is 83.3 Å². The first-order chi connectivity index (χ1) is 13.1. The van der Waals surface area contributed by atoms with Crippen LogP contribution in [0.2, 0.25) is 0 Å². The van der Waals surface area contributed by atoms with Gasteiger partial charge in [0.1, 0.15) is 5.58 Å². The summed E-state index contributed by atoms with van der Waals surface area (Å²) in [5.74, 6) is 0.219. The minimum absolute atomic E-state index is 0.135. The first-order valence-electron chi connectivity index (χ1n) is 9.04. The van der Waals surface area contributed by atoms with Crippen LogP contribution in [0.3, 0.4) is 0 Å². The van der Waals surface area contributed by atoms with Crippen LogP contribution in [0.4, 0.5) is 5.69 Å². The first kappa shape index (κ1) is 17.1. The Labute approximate surface area is 158 Å². The maximum Gasteiger partial charge on any atom is 0.294 e. The Morgan fingerprint density at radius 2 is 1.52 bits per heavy atom. The third-order valence-electron chi connectivity index (χ3n) is 4.88. The molecule has 0 aliphatic rings. The lowest BCUT2D eigenvalue weighted by Gasteiger charge is -2.24. The molecule has 0 fully saturated rings. The number of furan rings is 1. The van der Waals surface area contributed by atoms with Crippen LogP contribution in [0.5, 0.6) is 0 Å². The van der Waals surface area contributed by atoms with Crippen LogP contribution in [-0.2, 0) is 6.54 Å². The molecule has 1 heterocycles. The molecule has 4 rings (SSSR count). The second-order valence-electron chi connectivity index (χ2n) is 6.75. The van der Waals surface area contributed by atoms with Crippen molar-refractivity contribution in [3.05, 3.63) is 101 Å². The van der Waals surface area contributed by atoms with Crippen LogP contribution in [0.1, 0.15) is 27.2 Å². The topological polar surface area (TPSA) is 33.5 Å². The Hall–Kier alpha value is -3.33. The molecule has 4 aromatic rings. The van der Waals surface area contributed by atoms with Gasteiger partial charge in [-0.3, -0.25) is 4.79 Å². The molecule has 3 nitrogen and oxygen atoms in total. The molecule has 0 saturated carbocycles. The van der Waals surface area contributed by atoms with E-state index < -0.39 is 0 Å². The van der Waals surface area contributed by atoms with Gasteiger partial charge in [-0.1, -0.05) is 60.7 Å². The Balaban J connectivity index is 1.78. The Kier molecular flexibility index (Phi) is 4.51. The van der Waals surface area contributed by atoms with Gasteiger partial charge in [0.05, 0.1) is 6.54 Å². The highest BCUT2D eigenvalue weighted by Gasteiger charge is 2.23. The van der Waals surface area contributed by atoms with E-state index in [2.05, 4.69) is 19.1 Å². The molecule has 1 aromatic heterocycles. The average molecular weight is 355 g/mol. The van der Waals surface area contributed by atoms with Crippen molar-refractivity contribution < 1.29 is 9.21 Å². The van der Waals surface area contributed by atoms with Gasteiger partial charge in [0.15, 0.2) is 5.76 Å². The number of aryl methyl sites for hydroxylation is 2. The maximum atomic E-state index is 13.4. The molecule has 1 amide bonds. The summed E-state index contributed by atoms with van der Waals surface area (Å²) in [7, 11) is 0. The van der Waals surface area contributed by atoms with E-state index in [0.29, 0.717) is 12.3 Å². The van der Waals surface area contributed by atoms with Crippen molar-refractivity contribution in [1.29, 1.82) is 0 Å². The van der Waals surface area contributed by atoms with E-state index >= 15 is 0 Å². The van der Waals surface area contributed by atoms with E-state index in [0.717, 1.165) is 33.3 Å². The number of benzene rings is 3. The molecule has 0 aliphatic heterocycles. The van der Waals surface area contributed by atoms with Gasteiger partial charge in [0.2, 0.25) is 0 Å². The molecular formula is C24H21NO2. The van der Waals surface area contributed by atoms with Gasteiger partial charge in [0.25, 0.3) is 5.91 Å². The van der Waals surface area contributed by atoms with Gasteiger partial charge < -0.3 is 9.32 Å². The van der Waals surface area contributed by atoms with Crippen LogP contribution < -0.4 is 4.90 Å². The zero-order valence-corrected chi connectivity index (χ0v) is 15.5. The van der Waals surface area contributed by atoms with E-state index in [1.807, 2.05) is 73.7 Å². The van der Waals surface area contributed by atoms with Crippen LogP contribution in [0.25, 0.3) is 11.0 Å². The van der Waals surface area contributed by atoms with E-state index in [1.54, 1.807) is 4.90 Å². The van der Waals surface area contributed by atoms with E-state index in [1.165, 1.54) is 0 Å². The minimum atomic E-state index is -0.135. The van der Waals surface area contributed by atoms with Crippen molar-refractivity contribution >= 4 is 22.6 Å². The molecule has 0 unspecified atom stereocenters. The summed E-state index contributed by atoms with van der Waals surface area (Å²) in [4.78, 5) is 15.2. The van der Waals surface area contributed by atoms with Crippen molar-refractivity contribution in [2.75, 3.05) is 4.90 Å². The number of nitrogens with zero attached hydrogens (tertiary/aromatic N) is 1. The molecule has 0 spiro atoms. The maximum absolute atomic E-state index is 13.4. The molecule has 0 radical (unpaired) electrons. The van der Waals surface area contributed by atoms with Gasteiger partial charge in [-0.2, -0.15) is 0 Å². The zero-order chi connectivity index (χ0) is 18.8. The lowest BCUT2D eigenvalue weighted by molar-refractivity contribution is 0.0960. The predicted octanol–water partition coefficient (Wildman–Crippen LogP) is 5.90. The van der Waals surface area contributed by atoms with Crippen molar-refractivity contribution in [2.24, 2.45) is 0 Å². The number of hydrogen-bond donors (Lipinski definition) is 0. The first-order valence-corrected chi connectivity index (χ1v) is 9.04. The van der Waals surface area contributed by atoms with Gasteiger partial charge >= 0.3 is 0 Å². The second kappa shape index (κ2) is 7.12. The van der Waals surface area contributed by atoms with Gasteiger partial charge in [0, 0.05) is 11.1 Å². The number of hydrogen-bond acceptors (Lipinski definition) is 2. The second-order valence-corrected chi connectivity index (χ2v) is 6.75. The standard InChI is InChI=1S/C24H21NO2/c1-17-9-3-5-12-20(17)16-25(21-13-7-4-10-18(21)2)24(26)23-15-19-11-6-8-14-22(19)27-23/h3-15H,16H2,1-2H3. The number of rotatable bonds is 4. The third kappa shape index (κ3) is 3.36. The molecule has 3 heteroatoms. The van der Waals surface area contributed by atoms with Crippen LogP contribution in [-0.4, -0.2) is 5.91 Å². The number of para-hydroxylation sites is 2. The number of carbonyl (C=O) groups is 1. The SMILES string of the molecule is Cc1ccccc1CN(C(=O)c1cc2ccccc2o1)c1ccccc1C. The fourth-order valence-corrected chi connectivity index (χ4v) is 3.31. The Bertz CT molecular complexity index is 1080. The monoisotopic (exact) mass is 355 g/mol. The summed E-state index contributed by atoms with van der Waals surface area (Å²) < 4.78 is 5.85. The van der Waals surface area contributed by atoms with Gasteiger partial charge in [-0.25, -0.2) is 0 Å². The predicted molar refractivity (Wildman–Crippen MR) is 109 cm³/mol. The third-order valence-corrected chi connectivity index (χ3v) is 4.88. The normalized spacial score (nSPS) is 10.9. The summed E-state index contributed by atoms with van der Waals surface area (Å²) in [5.41, 5.74) is 4.95. The number of carbonyl (C=O) groups excluding carboxylic acids is 1. The van der Waals surface area contributed by atoms with Crippen LogP contribution >= 0.6 is 0 Å². The lowest BCUT2D eigenvalue weighted by atomic mass is 10.1.